The van der Waals surface area contributed by atoms with Crippen molar-refractivity contribution in [2.45, 2.75) is 20.3 Å². The van der Waals surface area contributed by atoms with Crippen LogP contribution in [-0.4, -0.2) is 18.5 Å². The minimum absolute atomic E-state index is 0.249. The molecule has 0 aliphatic heterocycles. The fourth-order valence-electron chi connectivity index (χ4n) is 1.72. The molecule has 0 aliphatic rings. The number of anilines is 1. The summed E-state index contributed by atoms with van der Waals surface area (Å²) in [5, 5.41) is 2.70. The van der Waals surface area contributed by atoms with E-state index < -0.39 is 0 Å². The monoisotopic (exact) mass is 287 g/mol. The van der Waals surface area contributed by atoms with Gasteiger partial charge in [-0.05, 0) is 49.7 Å². The number of rotatable bonds is 5. The van der Waals surface area contributed by atoms with Crippen LogP contribution < -0.4 is 5.32 Å². The molecule has 5 nitrogen and oxygen atoms in total. The number of furan rings is 1. The highest BCUT2D eigenvalue weighted by Crippen LogP contribution is 2.13. The molecule has 0 bridgehead atoms. The van der Waals surface area contributed by atoms with Gasteiger partial charge in [-0.3, -0.25) is 4.79 Å². The SMILES string of the molecule is CCCOC(=O)c1ccc(NC(=O)c2ccc(C)o2)cc1. The molecule has 1 heterocycles. The largest absolute Gasteiger partial charge is 0.462 e. The third-order valence-corrected chi connectivity index (χ3v) is 2.78. The summed E-state index contributed by atoms with van der Waals surface area (Å²) in [6, 6.07) is 9.86. The first-order valence-electron chi connectivity index (χ1n) is 6.75. The van der Waals surface area contributed by atoms with Crippen molar-refractivity contribution in [2.75, 3.05) is 11.9 Å². The van der Waals surface area contributed by atoms with Crippen LogP contribution >= 0.6 is 0 Å². The van der Waals surface area contributed by atoms with E-state index in [1.54, 1.807) is 43.3 Å². The van der Waals surface area contributed by atoms with Gasteiger partial charge in [0.1, 0.15) is 5.76 Å². The molecule has 2 aromatic rings. The highest BCUT2D eigenvalue weighted by atomic mass is 16.5. The zero-order valence-electron chi connectivity index (χ0n) is 12.0. The van der Waals surface area contributed by atoms with E-state index >= 15 is 0 Å². The second-order valence-electron chi connectivity index (χ2n) is 4.58. The lowest BCUT2D eigenvalue weighted by molar-refractivity contribution is 0.0505. The number of carbonyl (C=O) groups excluding carboxylic acids is 2. The van der Waals surface area contributed by atoms with Crippen LogP contribution in [0, 0.1) is 6.92 Å². The normalized spacial score (nSPS) is 10.2. The number of hydrogen-bond donors (Lipinski definition) is 1. The number of amides is 1. The average molecular weight is 287 g/mol. The summed E-state index contributed by atoms with van der Waals surface area (Å²) in [5.74, 6) is 0.230. The second kappa shape index (κ2) is 6.74. The third-order valence-electron chi connectivity index (χ3n) is 2.78. The summed E-state index contributed by atoms with van der Waals surface area (Å²) >= 11 is 0. The minimum Gasteiger partial charge on any atom is -0.462 e. The minimum atomic E-state index is -0.364. The molecule has 0 atom stereocenters. The molecule has 0 saturated heterocycles. The van der Waals surface area contributed by atoms with Crippen molar-refractivity contribution in [1.82, 2.24) is 0 Å². The predicted octanol–water partition coefficient (Wildman–Crippen LogP) is 3.41. The van der Waals surface area contributed by atoms with Gasteiger partial charge in [0, 0.05) is 5.69 Å². The van der Waals surface area contributed by atoms with Crippen LogP contribution in [0.1, 0.15) is 40.0 Å². The number of hydrogen-bond acceptors (Lipinski definition) is 4. The molecule has 21 heavy (non-hydrogen) atoms. The Morgan fingerprint density at radius 3 is 2.43 bits per heavy atom. The maximum atomic E-state index is 11.9. The van der Waals surface area contributed by atoms with E-state index in [4.69, 9.17) is 9.15 Å². The van der Waals surface area contributed by atoms with Crippen molar-refractivity contribution in [1.29, 1.82) is 0 Å². The fraction of sp³-hybridized carbons (Fsp3) is 0.250. The van der Waals surface area contributed by atoms with Crippen molar-refractivity contribution < 1.29 is 18.7 Å². The molecule has 1 aromatic heterocycles. The first-order chi connectivity index (χ1) is 10.1. The van der Waals surface area contributed by atoms with Gasteiger partial charge in [-0.2, -0.15) is 0 Å². The standard InChI is InChI=1S/C16H17NO4/c1-3-10-20-16(19)12-5-7-13(8-6-12)17-15(18)14-9-4-11(2)21-14/h4-9H,3,10H2,1-2H3,(H,17,18). The lowest BCUT2D eigenvalue weighted by Gasteiger charge is -2.05. The Kier molecular flexibility index (Phi) is 4.77. The van der Waals surface area contributed by atoms with Gasteiger partial charge in [0.05, 0.1) is 12.2 Å². The zero-order chi connectivity index (χ0) is 15.2. The smallest absolute Gasteiger partial charge is 0.338 e. The van der Waals surface area contributed by atoms with Crippen LogP contribution in [0.15, 0.2) is 40.8 Å². The number of nitrogens with one attached hydrogen (secondary N) is 1. The lowest BCUT2D eigenvalue weighted by Crippen LogP contribution is -2.11. The molecule has 0 aliphatic carbocycles. The Hall–Kier alpha value is -2.56. The molecule has 0 fully saturated rings. The van der Waals surface area contributed by atoms with Gasteiger partial charge in [0.25, 0.3) is 5.91 Å². The first kappa shape index (κ1) is 14.8. The number of esters is 1. The maximum absolute atomic E-state index is 11.9. The molecule has 110 valence electrons. The number of ether oxygens (including phenoxy) is 1. The summed E-state index contributed by atoms with van der Waals surface area (Å²) in [4.78, 5) is 23.5. The van der Waals surface area contributed by atoms with Crippen molar-refractivity contribution in [3.63, 3.8) is 0 Å². The number of benzene rings is 1. The summed E-state index contributed by atoms with van der Waals surface area (Å²) in [5.41, 5.74) is 1.04. The molecule has 1 aromatic carbocycles. The van der Waals surface area contributed by atoms with E-state index in [0.717, 1.165) is 6.42 Å². The molecule has 5 heteroatoms. The van der Waals surface area contributed by atoms with Gasteiger partial charge < -0.3 is 14.5 Å². The van der Waals surface area contributed by atoms with Crippen molar-refractivity contribution in [3.05, 3.63) is 53.5 Å². The van der Waals surface area contributed by atoms with Crippen LogP contribution in [0.25, 0.3) is 0 Å². The van der Waals surface area contributed by atoms with Crippen molar-refractivity contribution in [3.8, 4) is 0 Å². The average Bonchev–Trinajstić information content (AvgIpc) is 2.92. The molecular formula is C16H17NO4. The highest BCUT2D eigenvalue weighted by Gasteiger charge is 2.11. The van der Waals surface area contributed by atoms with Crippen LogP contribution in [0.4, 0.5) is 5.69 Å². The van der Waals surface area contributed by atoms with Crippen LogP contribution in [0.2, 0.25) is 0 Å². The molecular weight excluding hydrogens is 270 g/mol. The molecule has 0 radical (unpaired) electrons. The predicted molar refractivity (Wildman–Crippen MR) is 78.4 cm³/mol. The molecule has 2 rings (SSSR count). The van der Waals surface area contributed by atoms with E-state index in [2.05, 4.69) is 5.32 Å². The lowest BCUT2D eigenvalue weighted by atomic mass is 10.2. The van der Waals surface area contributed by atoms with E-state index in [1.165, 1.54) is 0 Å². The summed E-state index contributed by atoms with van der Waals surface area (Å²) in [7, 11) is 0. The topological polar surface area (TPSA) is 68.5 Å². The molecule has 1 N–H and O–H groups in total. The van der Waals surface area contributed by atoms with E-state index in [0.29, 0.717) is 23.6 Å². The van der Waals surface area contributed by atoms with Gasteiger partial charge in [-0.15, -0.1) is 0 Å². The summed E-state index contributed by atoms with van der Waals surface area (Å²) < 4.78 is 10.3. The summed E-state index contributed by atoms with van der Waals surface area (Å²) in [6.45, 7) is 4.10. The van der Waals surface area contributed by atoms with Crippen LogP contribution in [0.3, 0.4) is 0 Å². The number of aryl methyl sites for hydroxylation is 1. The maximum Gasteiger partial charge on any atom is 0.338 e. The number of carbonyl (C=O) groups is 2. The molecule has 0 unspecified atom stereocenters. The molecule has 0 saturated carbocycles. The van der Waals surface area contributed by atoms with E-state index in [-0.39, 0.29) is 17.6 Å². The first-order valence-corrected chi connectivity index (χ1v) is 6.75. The van der Waals surface area contributed by atoms with Gasteiger partial charge in [0.2, 0.25) is 0 Å². The third kappa shape index (κ3) is 3.95. The Labute approximate surface area is 122 Å². The molecule has 0 spiro atoms. The van der Waals surface area contributed by atoms with Gasteiger partial charge >= 0.3 is 5.97 Å². The zero-order valence-corrected chi connectivity index (χ0v) is 12.0. The van der Waals surface area contributed by atoms with Gasteiger partial charge in [-0.1, -0.05) is 6.92 Å². The quantitative estimate of drug-likeness (QED) is 0.856. The van der Waals surface area contributed by atoms with Gasteiger partial charge in [-0.25, -0.2) is 4.79 Å². The van der Waals surface area contributed by atoms with Crippen molar-refractivity contribution in [2.24, 2.45) is 0 Å². The van der Waals surface area contributed by atoms with Crippen LogP contribution in [-0.2, 0) is 4.74 Å². The second-order valence-corrected chi connectivity index (χ2v) is 4.58. The Bertz CT molecular complexity index is 628. The Morgan fingerprint density at radius 2 is 1.86 bits per heavy atom. The molecule has 1 amide bonds. The highest BCUT2D eigenvalue weighted by molar-refractivity contribution is 6.02. The Balaban J connectivity index is 1.99. The van der Waals surface area contributed by atoms with E-state index in [9.17, 15) is 9.59 Å². The van der Waals surface area contributed by atoms with Crippen LogP contribution in [0.5, 0.6) is 0 Å². The Morgan fingerprint density at radius 1 is 1.14 bits per heavy atom. The van der Waals surface area contributed by atoms with E-state index in [1.807, 2.05) is 6.92 Å². The fourth-order valence-corrected chi connectivity index (χ4v) is 1.72. The van der Waals surface area contributed by atoms with Crippen molar-refractivity contribution >= 4 is 17.6 Å². The van der Waals surface area contributed by atoms with Gasteiger partial charge in [0.15, 0.2) is 5.76 Å². The summed E-state index contributed by atoms with van der Waals surface area (Å²) in [6.07, 6.45) is 0.780.